The molecule has 5 rings (SSSR count). The second kappa shape index (κ2) is 12.8. The summed E-state index contributed by atoms with van der Waals surface area (Å²) in [4.78, 5) is 34.8. The summed E-state index contributed by atoms with van der Waals surface area (Å²) in [6, 6.07) is 7.83. The van der Waals surface area contributed by atoms with Crippen LogP contribution < -0.4 is 10.6 Å². The first-order chi connectivity index (χ1) is 19.2. The van der Waals surface area contributed by atoms with E-state index in [1.54, 1.807) is 12.7 Å². The van der Waals surface area contributed by atoms with Crippen LogP contribution in [0.3, 0.4) is 0 Å². The Bertz CT molecular complexity index is 1400. The van der Waals surface area contributed by atoms with Crippen molar-refractivity contribution in [2.75, 3.05) is 30.9 Å². The highest BCUT2D eigenvalue weighted by molar-refractivity contribution is 5.89. The number of methoxy groups -OCH3 is 1. The number of fused-ring (bicyclic) bond motifs is 2. The van der Waals surface area contributed by atoms with Gasteiger partial charge in [-0.25, -0.2) is 24.9 Å². The van der Waals surface area contributed by atoms with E-state index in [1.807, 2.05) is 28.8 Å². The summed E-state index contributed by atoms with van der Waals surface area (Å²) in [7, 11) is 1.42. The number of esters is 1. The van der Waals surface area contributed by atoms with Crippen LogP contribution in [0.25, 0.3) is 22.1 Å². The van der Waals surface area contributed by atoms with E-state index < -0.39 is 0 Å². The van der Waals surface area contributed by atoms with Gasteiger partial charge in [-0.3, -0.25) is 9.36 Å². The third kappa shape index (κ3) is 6.25. The van der Waals surface area contributed by atoms with Crippen molar-refractivity contribution in [2.24, 2.45) is 0 Å². The predicted octanol–water partition coefficient (Wildman–Crippen LogP) is 5.18. The van der Waals surface area contributed by atoms with Gasteiger partial charge in [-0.1, -0.05) is 25.5 Å². The van der Waals surface area contributed by atoms with E-state index in [0.29, 0.717) is 23.6 Å². The van der Waals surface area contributed by atoms with Gasteiger partial charge in [-0.15, -0.1) is 0 Å². The number of aromatic nitrogens is 6. The number of nitrogens with one attached hydrogen (secondary N) is 2. The number of nitrogens with zero attached hydrogens (tertiary/aromatic N) is 6. The molecule has 0 bridgehead atoms. The number of carbonyl (C=O) groups is 1. The fraction of sp³-hybridized carbons (Fsp3) is 0.500. The Morgan fingerprint density at radius 2 is 2.03 bits per heavy atom. The summed E-state index contributed by atoms with van der Waals surface area (Å²) in [5, 5.41) is 8.00. The lowest BCUT2D eigenvalue weighted by Crippen LogP contribution is -2.18. The Kier molecular flexibility index (Phi) is 8.77. The average molecular weight is 533 g/mol. The Balaban J connectivity index is 1.34. The lowest BCUT2D eigenvalue weighted by molar-refractivity contribution is -0.140. The summed E-state index contributed by atoms with van der Waals surface area (Å²) >= 11 is 0. The van der Waals surface area contributed by atoms with Gasteiger partial charge in [0.15, 0.2) is 22.8 Å². The normalized spacial score (nSPS) is 16.3. The van der Waals surface area contributed by atoms with Crippen LogP contribution in [0.5, 0.6) is 0 Å². The topological polar surface area (TPSA) is 129 Å². The molecule has 0 saturated carbocycles. The molecule has 11 heteroatoms. The smallest absolute Gasteiger partial charge is 0.305 e. The number of unbranched alkanes of at least 4 members (excludes halogenated alkanes) is 2. The second-order valence-corrected chi connectivity index (χ2v) is 9.73. The Hall–Kier alpha value is -3.86. The molecule has 1 aliphatic heterocycles. The number of hydrogen-bond acceptors (Lipinski definition) is 10. The highest BCUT2D eigenvalue weighted by atomic mass is 16.5. The number of benzene rings is 1. The van der Waals surface area contributed by atoms with Crippen molar-refractivity contribution < 1.29 is 14.3 Å². The van der Waals surface area contributed by atoms with Gasteiger partial charge < -0.3 is 20.1 Å². The minimum atomic E-state index is -0.176. The van der Waals surface area contributed by atoms with E-state index in [0.717, 1.165) is 80.5 Å². The fourth-order valence-electron chi connectivity index (χ4n) is 4.89. The maximum absolute atomic E-state index is 11.3. The molecule has 2 N–H and O–H groups in total. The zero-order chi connectivity index (χ0) is 27.0. The molecule has 1 unspecified atom stereocenters. The van der Waals surface area contributed by atoms with E-state index >= 15 is 0 Å². The summed E-state index contributed by atoms with van der Waals surface area (Å²) in [5.41, 5.74) is 2.34. The van der Waals surface area contributed by atoms with Gasteiger partial charge in [0.25, 0.3) is 0 Å². The molecule has 206 valence electrons. The highest BCUT2D eigenvalue weighted by Gasteiger charge is 2.22. The molecule has 0 spiro atoms. The Labute approximate surface area is 227 Å². The van der Waals surface area contributed by atoms with Gasteiger partial charge in [0.05, 0.1) is 25.0 Å². The van der Waals surface area contributed by atoms with Crippen LogP contribution in [0.15, 0.2) is 36.9 Å². The number of imidazole rings is 1. The van der Waals surface area contributed by atoms with Crippen molar-refractivity contribution in [3.63, 3.8) is 0 Å². The third-order valence-corrected chi connectivity index (χ3v) is 7.05. The standard InChI is InChI=1S/C28H36N8O3/c1-3-20(33-27-24-28(31-17-30-27)36(18-32-24)22-13-8-10-16-39-22)26-34-21-12-7-6-11-19(21)25(35-26)29-15-9-4-5-14-23(37)38-2/h6-7,11-12,17-18,20,22H,3-5,8-10,13-16H2,1-2H3,(H,29,34,35)(H,30,31,33)/t20-,22?/m0/s1. The summed E-state index contributed by atoms with van der Waals surface area (Å²) in [6.07, 6.45) is 10.3. The molecule has 4 aromatic rings. The predicted molar refractivity (Wildman–Crippen MR) is 149 cm³/mol. The van der Waals surface area contributed by atoms with E-state index in [2.05, 4.69) is 32.5 Å². The zero-order valence-corrected chi connectivity index (χ0v) is 22.6. The molecule has 11 nitrogen and oxygen atoms in total. The number of carbonyl (C=O) groups excluding carboxylic acids is 1. The molecule has 3 aromatic heterocycles. The summed E-state index contributed by atoms with van der Waals surface area (Å²) < 4.78 is 12.7. The number of ether oxygens (including phenoxy) is 2. The summed E-state index contributed by atoms with van der Waals surface area (Å²) in [5.74, 6) is 1.97. The van der Waals surface area contributed by atoms with Gasteiger partial charge in [-0.05, 0) is 50.7 Å². The van der Waals surface area contributed by atoms with Crippen LogP contribution >= 0.6 is 0 Å². The molecular weight excluding hydrogens is 496 g/mol. The van der Waals surface area contributed by atoms with Crippen molar-refractivity contribution in [1.29, 1.82) is 0 Å². The lowest BCUT2D eigenvalue weighted by Gasteiger charge is -2.23. The van der Waals surface area contributed by atoms with Crippen molar-refractivity contribution in [2.45, 2.75) is 70.6 Å². The van der Waals surface area contributed by atoms with Crippen molar-refractivity contribution >= 4 is 39.7 Å². The third-order valence-electron chi connectivity index (χ3n) is 7.05. The highest BCUT2D eigenvalue weighted by Crippen LogP contribution is 2.30. The first kappa shape index (κ1) is 26.7. The Morgan fingerprint density at radius 3 is 2.85 bits per heavy atom. The molecule has 1 aliphatic rings. The molecule has 1 saturated heterocycles. The number of para-hydroxylation sites is 1. The molecule has 1 fully saturated rings. The van der Waals surface area contributed by atoms with Crippen LogP contribution in [-0.2, 0) is 14.3 Å². The van der Waals surface area contributed by atoms with Crippen LogP contribution in [0.2, 0.25) is 0 Å². The van der Waals surface area contributed by atoms with Gasteiger partial charge in [0.1, 0.15) is 18.4 Å². The van der Waals surface area contributed by atoms with Crippen LogP contribution in [0.1, 0.15) is 76.4 Å². The first-order valence-electron chi connectivity index (χ1n) is 13.8. The fourth-order valence-corrected chi connectivity index (χ4v) is 4.89. The molecule has 0 radical (unpaired) electrons. The van der Waals surface area contributed by atoms with Gasteiger partial charge >= 0.3 is 5.97 Å². The van der Waals surface area contributed by atoms with Crippen LogP contribution in [0, 0.1) is 0 Å². The van der Waals surface area contributed by atoms with E-state index in [1.165, 1.54) is 7.11 Å². The van der Waals surface area contributed by atoms with Gasteiger partial charge in [0, 0.05) is 25.0 Å². The van der Waals surface area contributed by atoms with Crippen molar-refractivity contribution in [3.8, 4) is 0 Å². The zero-order valence-electron chi connectivity index (χ0n) is 22.6. The average Bonchev–Trinajstić information content (AvgIpc) is 3.43. The van der Waals surface area contributed by atoms with Crippen LogP contribution in [-0.4, -0.2) is 55.7 Å². The molecule has 1 aromatic carbocycles. The van der Waals surface area contributed by atoms with E-state index in [-0.39, 0.29) is 18.2 Å². The van der Waals surface area contributed by atoms with Crippen LogP contribution in [0.4, 0.5) is 11.6 Å². The maximum atomic E-state index is 11.3. The number of rotatable bonds is 12. The lowest BCUT2D eigenvalue weighted by atomic mass is 10.1. The van der Waals surface area contributed by atoms with Crippen molar-refractivity contribution in [3.05, 3.63) is 42.7 Å². The number of hydrogen-bond donors (Lipinski definition) is 2. The molecule has 4 heterocycles. The quantitative estimate of drug-likeness (QED) is 0.186. The molecule has 0 aliphatic carbocycles. The number of anilines is 2. The minimum absolute atomic E-state index is 0.0496. The van der Waals surface area contributed by atoms with E-state index in [4.69, 9.17) is 19.4 Å². The Morgan fingerprint density at radius 1 is 1.13 bits per heavy atom. The largest absolute Gasteiger partial charge is 0.469 e. The molecule has 39 heavy (non-hydrogen) atoms. The van der Waals surface area contributed by atoms with Gasteiger partial charge in [-0.2, -0.15) is 0 Å². The minimum Gasteiger partial charge on any atom is -0.469 e. The van der Waals surface area contributed by atoms with Gasteiger partial charge in [0.2, 0.25) is 0 Å². The molecular formula is C28H36N8O3. The van der Waals surface area contributed by atoms with Crippen molar-refractivity contribution in [1.82, 2.24) is 29.5 Å². The van der Waals surface area contributed by atoms with E-state index in [9.17, 15) is 4.79 Å². The first-order valence-corrected chi connectivity index (χ1v) is 13.8. The SMILES string of the molecule is CC[C@H](Nc1ncnc2c1ncn2C1CCCCO1)c1nc(NCCCCCC(=O)OC)c2ccccc2n1. The maximum Gasteiger partial charge on any atom is 0.305 e. The summed E-state index contributed by atoms with van der Waals surface area (Å²) in [6.45, 7) is 3.60. The molecule has 2 atom stereocenters. The molecule has 0 amide bonds. The second-order valence-electron chi connectivity index (χ2n) is 9.73. The monoisotopic (exact) mass is 532 g/mol.